The first-order valence-electron chi connectivity index (χ1n) is 16.4. The van der Waals surface area contributed by atoms with E-state index in [2.05, 4.69) is 22.4 Å². The molecule has 3 aromatic rings. The number of hydrogen-bond donors (Lipinski definition) is 2. The van der Waals surface area contributed by atoms with E-state index in [4.69, 9.17) is 15.5 Å². The van der Waals surface area contributed by atoms with Crippen molar-refractivity contribution in [3.63, 3.8) is 0 Å². The normalized spacial score (nSPS) is 15.2. The number of anilines is 2. The lowest BCUT2D eigenvalue weighted by atomic mass is 9.98. The molecule has 0 radical (unpaired) electrons. The van der Waals surface area contributed by atoms with E-state index in [0.29, 0.717) is 24.5 Å². The number of fused-ring (bicyclic) bond motifs is 2. The molecule has 5 rings (SSSR count). The molecule has 0 spiro atoms. The smallest absolute Gasteiger partial charge is 0.414 e. The summed E-state index contributed by atoms with van der Waals surface area (Å²) < 4.78 is 6.88. The van der Waals surface area contributed by atoms with Gasteiger partial charge in [0.05, 0.1) is 21.6 Å². The molecule has 44 heavy (non-hydrogen) atoms. The molecule has 1 aromatic carbocycles. The van der Waals surface area contributed by atoms with Crippen LogP contribution in [0.15, 0.2) is 30.5 Å². The number of primary amides is 1. The monoisotopic (exact) mass is 619 g/mol. The van der Waals surface area contributed by atoms with Gasteiger partial charge in [0.15, 0.2) is 5.13 Å². The minimum absolute atomic E-state index is 0.00479. The van der Waals surface area contributed by atoms with Crippen molar-refractivity contribution in [2.45, 2.75) is 115 Å². The van der Waals surface area contributed by atoms with Crippen molar-refractivity contribution in [1.29, 1.82) is 0 Å². The Labute approximate surface area is 264 Å². The highest BCUT2D eigenvalue weighted by molar-refractivity contribution is 7.22. The fraction of sp³-hybridized carbons (Fsp3) is 0.559. The average Bonchev–Trinajstić information content (AvgIpc) is 3.43. The first-order chi connectivity index (χ1) is 21.5. The second-order valence-electron chi connectivity index (χ2n) is 12.1. The lowest BCUT2D eigenvalue weighted by Gasteiger charge is -2.31. The molecule has 236 valence electrons. The van der Waals surface area contributed by atoms with Crippen molar-refractivity contribution >= 4 is 50.3 Å². The first-order valence-corrected chi connectivity index (χ1v) is 17.2. The number of nitrogens with two attached hydrogens (primary N) is 1. The van der Waals surface area contributed by atoms with Crippen LogP contribution >= 0.6 is 11.3 Å². The molecule has 9 nitrogen and oxygen atoms in total. The third-order valence-electron chi connectivity index (χ3n) is 8.62. The molecule has 1 saturated carbocycles. The zero-order valence-electron chi connectivity index (χ0n) is 25.7. The maximum absolute atomic E-state index is 13.1. The van der Waals surface area contributed by atoms with Crippen LogP contribution in [0.3, 0.4) is 0 Å². The summed E-state index contributed by atoms with van der Waals surface area (Å²) in [5.74, 6) is -0.223. The van der Waals surface area contributed by atoms with Crippen LogP contribution in [0.1, 0.15) is 108 Å². The van der Waals surface area contributed by atoms with E-state index in [0.717, 1.165) is 123 Å². The summed E-state index contributed by atoms with van der Waals surface area (Å²) in [6, 6.07) is 8.12. The molecule has 2 aliphatic rings. The van der Waals surface area contributed by atoms with Crippen molar-refractivity contribution in [1.82, 2.24) is 9.97 Å². The van der Waals surface area contributed by atoms with Gasteiger partial charge in [0.2, 0.25) is 11.8 Å². The second-order valence-corrected chi connectivity index (χ2v) is 13.2. The maximum Gasteiger partial charge on any atom is 0.414 e. The Morgan fingerprint density at radius 3 is 2.39 bits per heavy atom. The predicted octanol–water partition coefficient (Wildman–Crippen LogP) is 7.91. The Morgan fingerprint density at radius 2 is 1.64 bits per heavy atom. The lowest BCUT2D eigenvalue weighted by Crippen LogP contribution is -2.38. The number of ether oxygens (including phenoxy) is 1. The molecular formula is C34H45N5O4S. The highest BCUT2D eigenvalue weighted by Crippen LogP contribution is 2.35. The number of benzene rings is 1. The molecule has 3 N–H and O–H groups in total. The Balaban J connectivity index is 1.12. The summed E-state index contributed by atoms with van der Waals surface area (Å²) in [5, 5.41) is 3.59. The zero-order chi connectivity index (χ0) is 30.7. The van der Waals surface area contributed by atoms with Crippen molar-refractivity contribution < 1.29 is 19.1 Å². The number of pyridine rings is 1. The van der Waals surface area contributed by atoms with Gasteiger partial charge in [-0.15, -0.1) is 0 Å². The van der Waals surface area contributed by atoms with Crippen LogP contribution in [-0.4, -0.2) is 40.5 Å². The molecule has 3 heterocycles. The van der Waals surface area contributed by atoms with Gasteiger partial charge in [0.25, 0.3) is 0 Å². The third kappa shape index (κ3) is 9.00. The molecular weight excluding hydrogens is 574 g/mol. The van der Waals surface area contributed by atoms with Gasteiger partial charge in [-0.05, 0) is 75.1 Å². The molecule has 1 aliphatic carbocycles. The van der Waals surface area contributed by atoms with E-state index in [9.17, 15) is 14.4 Å². The van der Waals surface area contributed by atoms with E-state index in [1.165, 1.54) is 17.8 Å². The summed E-state index contributed by atoms with van der Waals surface area (Å²) in [7, 11) is 0. The molecule has 2 aromatic heterocycles. The van der Waals surface area contributed by atoms with E-state index in [1.54, 1.807) is 4.90 Å². The van der Waals surface area contributed by atoms with Crippen molar-refractivity contribution in [2.75, 3.05) is 16.8 Å². The number of hydrogen-bond acceptors (Lipinski definition) is 7. The lowest BCUT2D eigenvalue weighted by molar-refractivity contribution is -0.118. The van der Waals surface area contributed by atoms with Crippen LogP contribution < -0.4 is 16.0 Å². The minimum atomic E-state index is -0.260. The van der Waals surface area contributed by atoms with Gasteiger partial charge < -0.3 is 15.8 Å². The number of nitrogens with one attached hydrogen (secondary N) is 1. The summed E-state index contributed by atoms with van der Waals surface area (Å²) in [5.41, 5.74) is 9.71. The zero-order valence-corrected chi connectivity index (χ0v) is 26.5. The minimum Gasteiger partial charge on any atom is -0.446 e. The first kappa shape index (κ1) is 31.9. The van der Waals surface area contributed by atoms with Crippen LogP contribution in [0.4, 0.5) is 15.6 Å². The molecule has 10 heteroatoms. The number of carbonyl (C=O) groups excluding carboxylic acids is 3. The van der Waals surface area contributed by atoms with Crippen LogP contribution in [-0.2, 0) is 20.7 Å². The van der Waals surface area contributed by atoms with E-state index >= 15 is 0 Å². The summed E-state index contributed by atoms with van der Waals surface area (Å²) in [4.78, 5) is 47.6. The van der Waals surface area contributed by atoms with Crippen LogP contribution in [0.2, 0.25) is 0 Å². The molecule has 0 bridgehead atoms. The summed E-state index contributed by atoms with van der Waals surface area (Å²) >= 11 is 1.47. The number of thiazole rings is 1. The number of nitrogens with zero attached hydrogens (tertiary/aromatic N) is 3. The number of carbonyl (C=O) groups is 3. The van der Waals surface area contributed by atoms with E-state index in [-0.39, 0.29) is 24.0 Å². The fourth-order valence-electron chi connectivity index (χ4n) is 6.15. The van der Waals surface area contributed by atoms with Crippen molar-refractivity contribution in [3.05, 3.63) is 36.2 Å². The number of aryl methyl sites for hydroxylation is 1. The topological polar surface area (TPSA) is 128 Å². The standard InChI is InChI=1S/C34H45N5O4S/c35-31(40)16-10-5-3-1-2-4-6-11-17-32(41)38-33-37-28-19-18-24(22-30(28)44-33)25-21-29-27(36-23-25)15-12-20-39(29)34(42)43-26-13-8-7-9-14-26/h18-19,21-23,26H,1-17,20H2,(H2,35,40)(H,37,38,41). The van der Waals surface area contributed by atoms with Gasteiger partial charge in [-0.3, -0.25) is 19.5 Å². The number of aromatic nitrogens is 2. The largest absolute Gasteiger partial charge is 0.446 e. The molecule has 1 aliphatic heterocycles. The Morgan fingerprint density at radius 1 is 0.909 bits per heavy atom. The van der Waals surface area contributed by atoms with Crippen LogP contribution in [0.25, 0.3) is 21.3 Å². The van der Waals surface area contributed by atoms with Gasteiger partial charge in [0.1, 0.15) is 6.10 Å². The molecule has 0 saturated heterocycles. The van der Waals surface area contributed by atoms with Gasteiger partial charge in [0, 0.05) is 31.1 Å². The number of rotatable bonds is 14. The Hall–Kier alpha value is -3.53. The van der Waals surface area contributed by atoms with E-state index in [1.807, 2.05) is 18.3 Å². The maximum atomic E-state index is 13.1. The van der Waals surface area contributed by atoms with Crippen LogP contribution in [0.5, 0.6) is 0 Å². The Bertz CT molecular complexity index is 1430. The average molecular weight is 620 g/mol. The Kier molecular flexibility index (Phi) is 11.6. The predicted molar refractivity (Wildman–Crippen MR) is 176 cm³/mol. The van der Waals surface area contributed by atoms with Gasteiger partial charge in [-0.25, -0.2) is 9.78 Å². The molecule has 0 atom stereocenters. The number of unbranched alkanes of at least 4 members (excludes halogenated alkanes) is 7. The van der Waals surface area contributed by atoms with Gasteiger partial charge in [-0.2, -0.15) is 0 Å². The van der Waals surface area contributed by atoms with Gasteiger partial charge >= 0.3 is 6.09 Å². The molecule has 0 unspecified atom stereocenters. The van der Waals surface area contributed by atoms with Gasteiger partial charge in [-0.1, -0.05) is 62.3 Å². The SMILES string of the molecule is NC(=O)CCCCCCCCCCC(=O)Nc1nc2ccc(-c3cnc4c(c3)N(C(=O)OC3CCCCC3)CCC4)cc2s1. The molecule has 3 amide bonds. The number of amides is 3. The fourth-order valence-corrected chi connectivity index (χ4v) is 7.08. The van der Waals surface area contributed by atoms with E-state index < -0.39 is 0 Å². The van der Waals surface area contributed by atoms with Crippen LogP contribution in [0, 0.1) is 0 Å². The third-order valence-corrected chi connectivity index (χ3v) is 9.55. The second kappa shape index (κ2) is 16.0. The highest BCUT2D eigenvalue weighted by Gasteiger charge is 2.28. The van der Waals surface area contributed by atoms with Crippen molar-refractivity contribution in [2.24, 2.45) is 5.73 Å². The quantitative estimate of drug-likeness (QED) is 0.177. The summed E-state index contributed by atoms with van der Waals surface area (Å²) in [6.45, 7) is 0.639. The summed E-state index contributed by atoms with van der Waals surface area (Å²) in [6.07, 6.45) is 18.1. The highest BCUT2D eigenvalue weighted by atomic mass is 32.1. The molecule has 1 fully saturated rings. The van der Waals surface area contributed by atoms with Crippen molar-refractivity contribution in [3.8, 4) is 11.1 Å².